The van der Waals surface area contributed by atoms with E-state index >= 15 is 0 Å². The zero-order valence-corrected chi connectivity index (χ0v) is 6.09. The van der Waals surface area contributed by atoms with Gasteiger partial charge in [0.25, 0.3) is 0 Å². The second-order valence-corrected chi connectivity index (χ2v) is 2.46. The third-order valence-electron chi connectivity index (χ3n) is 0.443. The van der Waals surface area contributed by atoms with Crippen molar-refractivity contribution in [3.05, 3.63) is 12.7 Å². The smallest absolute Gasteiger partial charge is 0.344 e. The molecular weight excluding hydrogens is 164 g/mol. The molecule has 0 aliphatic carbocycles. The minimum atomic E-state index is -4.43. The molecule has 0 radical (unpaired) electrons. The number of hydrogen-bond donors (Lipinski definition) is 2. The van der Waals surface area contributed by atoms with Gasteiger partial charge in [0.15, 0.2) is 0 Å². The van der Waals surface area contributed by atoms with E-state index in [0.29, 0.717) is 0 Å². The van der Waals surface area contributed by atoms with E-state index < -0.39 is 7.82 Å². The maximum absolute atomic E-state index is 10.9. The SMILES string of the molecule is C=CCOP(=O)(O)OF.N. The van der Waals surface area contributed by atoms with Crippen molar-refractivity contribution in [3.8, 4) is 0 Å². The first-order chi connectivity index (χ1) is 4.12. The van der Waals surface area contributed by atoms with Crippen molar-refractivity contribution in [2.24, 2.45) is 0 Å². The fraction of sp³-hybridized carbons (Fsp3) is 0.333. The molecule has 0 heterocycles. The van der Waals surface area contributed by atoms with Crippen LogP contribution in [0.5, 0.6) is 0 Å². The topological polar surface area (TPSA) is 90.8 Å². The highest BCUT2D eigenvalue weighted by Gasteiger charge is 2.20. The first kappa shape index (κ1) is 12.4. The Morgan fingerprint density at radius 1 is 1.80 bits per heavy atom. The van der Waals surface area contributed by atoms with Gasteiger partial charge in [0.1, 0.15) is 0 Å². The van der Waals surface area contributed by atoms with Crippen LogP contribution in [0.25, 0.3) is 0 Å². The van der Waals surface area contributed by atoms with Crippen LogP contribution < -0.4 is 6.15 Å². The zero-order valence-electron chi connectivity index (χ0n) is 5.20. The molecule has 0 rings (SSSR count). The molecule has 0 amide bonds. The minimum absolute atomic E-state index is 0. The van der Waals surface area contributed by atoms with Gasteiger partial charge in [0.2, 0.25) is 0 Å². The summed E-state index contributed by atoms with van der Waals surface area (Å²) in [7, 11) is -4.43. The quantitative estimate of drug-likeness (QED) is 0.494. The second-order valence-electron chi connectivity index (χ2n) is 1.12. The Morgan fingerprint density at radius 2 is 2.30 bits per heavy atom. The molecular formula is C3H9FNO4P. The maximum atomic E-state index is 10.9. The highest BCUT2D eigenvalue weighted by Crippen LogP contribution is 2.43. The van der Waals surface area contributed by atoms with Crippen LogP contribution in [-0.4, -0.2) is 11.5 Å². The van der Waals surface area contributed by atoms with Crippen molar-refractivity contribution in [3.63, 3.8) is 0 Å². The van der Waals surface area contributed by atoms with Gasteiger partial charge in [0, 0.05) is 0 Å². The molecule has 0 spiro atoms. The molecule has 10 heavy (non-hydrogen) atoms. The second kappa shape index (κ2) is 5.52. The highest BCUT2D eigenvalue weighted by molar-refractivity contribution is 7.47. The van der Waals surface area contributed by atoms with Crippen LogP contribution in [0.2, 0.25) is 0 Å². The summed E-state index contributed by atoms with van der Waals surface area (Å²) in [4.78, 5) is 8.14. The molecule has 0 fully saturated rings. The number of phosphoric ester groups is 1. The summed E-state index contributed by atoms with van der Waals surface area (Å²) in [5.74, 6) is 0. The normalized spacial score (nSPS) is 15.0. The Bertz CT molecular complexity index is 140. The van der Waals surface area contributed by atoms with Crippen LogP contribution in [0.1, 0.15) is 0 Å². The molecule has 0 aromatic carbocycles. The molecule has 0 saturated heterocycles. The van der Waals surface area contributed by atoms with Gasteiger partial charge < -0.3 is 11.0 Å². The number of halogens is 1. The summed E-state index contributed by atoms with van der Waals surface area (Å²) in [5, 5.41) is 0. The summed E-state index contributed by atoms with van der Waals surface area (Å²) in [6.07, 6.45) is 1.20. The monoisotopic (exact) mass is 173 g/mol. The summed E-state index contributed by atoms with van der Waals surface area (Å²) in [6.45, 7) is 2.94. The van der Waals surface area contributed by atoms with E-state index in [0.717, 1.165) is 0 Å². The number of phosphoric acid groups is 1. The summed E-state index contributed by atoms with van der Waals surface area (Å²) >= 11 is 0. The average Bonchev–Trinajstić information content (AvgIpc) is 1.84. The summed E-state index contributed by atoms with van der Waals surface area (Å²) < 4.78 is 27.5. The molecule has 1 atom stereocenters. The molecule has 0 aliphatic heterocycles. The van der Waals surface area contributed by atoms with Gasteiger partial charge >= 0.3 is 7.82 Å². The highest BCUT2D eigenvalue weighted by atomic mass is 31.2. The van der Waals surface area contributed by atoms with Gasteiger partial charge in [-0.2, -0.15) is 0 Å². The third-order valence-corrected chi connectivity index (χ3v) is 1.09. The van der Waals surface area contributed by atoms with Crippen LogP contribution >= 0.6 is 7.82 Å². The predicted molar refractivity (Wildman–Crippen MR) is 33.2 cm³/mol. The van der Waals surface area contributed by atoms with Crippen molar-refractivity contribution in [1.82, 2.24) is 6.15 Å². The van der Waals surface area contributed by atoms with Gasteiger partial charge in [-0.3, -0.25) is 4.52 Å². The first-order valence-corrected chi connectivity index (χ1v) is 3.50. The van der Waals surface area contributed by atoms with Crippen molar-refractivity contribution >= 4 is 7.82 Å². The van der Waals surface area contributed by atoms with Crippen LogP contribution in [-0.2, 0) is 13.8 Å². The number of rotatable bonds is 4. The Balaban J connectivity index is 0. The van der Waals surface area contributed by atoms with E-state index in [1.807, 2.05) is 0 Å². The molecule has 0 aromatic rings. The Hall–Kier alpha value is -0.260. The van der Waals surface area contributed by atoms with E-state index in [1.54, 1.807) is 0 Å². The summed E-state index contributed by atoms with van der Waals surface area (Å²) in [6, 6.07) is 0. The van der Waals surface area contributed by atoms with E-state index in [-0.39, 0.29) is 12.8 Å². The first-order valence-electron chi connectivity index (χ1n) is 2.01. The molecule has 62 valence electrons. The van der Waals surface area contributed by atoms with Crippen LogP contribution in [0.15, 0.2) is 12.7 Å². The fourth-order valence-electron chi connectivity index (χ4n) is 0.167. The molecule has 1 unspecified atom stereocenters. The van der Waals surface area contributed by atoms with Gasteiger partial charge in [0.05, 0.1) is 6.61 Å². The molecule has 0 bridgehead atoms. The lowest BCUT2D eigenvalue weighted by atomic mass is 10.7. The van der Waals surface area contributed by atoms with Gasteiger partial charge in [-0.25, -0.2) is 4.57 Å². The molecule has 0 aliphatic rings. The molecule has 0 saturated carbocycles. The average molecular weight is 173 g/mol. The number of hydrogen-bond acceptors (Lipinski definition) is 4. The third kappa shape index (κ3) is 5.87. The van der Waals surface area contributed by atoms with Crippen molar-refractivity contribution in [1.29, 1.82) is 0 Å². The van der Waals surface area contributed by atoms with Crippen LogP contribution in [0.4, 0.5) is 4.53 Å². The van der Waals surface area contributed by atoms with Crippen LogP contribution in [0.3, 0.4) is 0 Å². The lowest BCUT2D eigenvalue weighted by Crippen LogP contribution is -1.88. The van der Waals surface area contributed by atoms with E-state index in [9.17, 15) is 9.09 Å². The molecule has 7 heteroatoms. The Kier molecular flexibility index (Phi) is 6.85. The standard InChI is InChI=1S/C3H6FO4P.H3N/c1-2-3-7-9(5,6)8-4;/h2H,1,3H2,(H,5,6);1H3. The lowest BCUT2D eigenvalue weighted by Gasteiger charge is -2.01. The van der Waals surface area contributed by atoms with Gasteiger partial charge in [-0.15, -0.1) is 6.58 Å². The Labute approximate surface area is 57.6 Å². The fourth-order valence-corrected chi connectivity index (χ4v) is 0.500. The van der Waals surface area contributed by atoms with Gasteiger partial charge in [-0.1, -0.05) is 10.8 Å². The van der Waals surface area contributed by atoms with Gasteiger partial charge in [-0.05, 0) is 4.53 Å². The molecule has 0 aromatic heterocycles. The van der Waals surface area contributed by atoms with Crippen molar-refractivity contribution < 1.29 is 23.2 Å². The summed E-state index contributed by atoms with van der Waals surface area (Å²) in [5.41, 5.74) is 0. The van der Waals surface area contributed by atoms with Crippen molar-refractivity contribution in [2.45, 2.75) is 0 Å². The lowest BCUT2D eigenvalue weighted by molar-refractivity contribution is -0.0459. The van der Waals surface area contributed by atoms with Crippen LogP contribution in [0, 0.1) is 0 Å². The van der Waals surface area contributed by atoms with Crippen molar-refractivity contribution in [2.75, 3.05) is 6.61 Å². The minimum Gasteiger partial charge on any atom is -0.344 e. The predicted octanol–water partition coefficient (Wildman–Crippen LogP) is 1.35. The zero-order chi connectivity index (χ0) is 7.33. The maximum Gasteiger partial charge on any atom is 0.503 e. The largest absolute Gasteiger partial charge is 0.503 e. The molecule has 4 N–H and O–H groups in total. The van der Waals surface area contributed by atoms with E-state index in [4.69, 9.17) is 4.89 Å². The van der Waals surface area contributed by atoms with E-state index in [1.165, 1.54) is 6.08 Å². The Morgan fingerprint density at radius 3 is 2.60 bits per heavy atom. The van der Waals surface area contributed by atoms with E-state index in [2.05, 4.69) is 15.8 Å². The molecule has 5 nitrogen and oxygen atoms in total.